The molecule has 2 saturated heterocycles. The van der Waals surface area contributed by atoms with Crippen molar-refractivity contribution >= 4 is 57.5 Å². The molecular formula is C73H97AsF3N5O8. The Morgan fingerprint density at radius 3 is 1.47 bits per heavy atom. The van der Waals surface area contributed by atoms with Crippen molar-refractivity contribution < 1.29 is 50.3 Å². The molecule has 12 atom stereocenters. The fourth-order valence-corrected chi connectivity index (χ4v) is 18.3. The van der Waals surface area contributed by atoms with E-state index < -0.39 is 33.7 Å². The Morgan fingerprint density at radius 1 is 0.644 bits per heavy atom. The topological polar surface area (TPSA) is 158 Å². The van der Waals surface area contributed by atoms with E-state index in [1.165, 1.54) is 65.5 Å². The summed E-state index contributed by atoms with van der Waals surface area (Å²) in [6.07, 6.45) is 36.1. The maximum absolute atomic E-state index is 13.1. The number of hydrogen-bond donors (Lipinski definition) is 0. The van der Waals surface area contributed by atoms with Crippen LogP contribution in [0.4, 0.5) is 18.0 Å². The number of carbonyl (C=O) groups excluding carboxylic acids is 4. The number of piperidine rings is 2. The van der Waals surface area contributed by atoms with Gasteiger partial charge in [-0.15, -0.1) is 0 Å². The fraction of sp³-hybridized carbons (Fsp3) is 0.630. The van der Waals surface area contributed by atoms with Crippen molar-refractivity contribution in [3.05, 3.63) is 120 Å². The average molecular weight is 1300 g/mol. The number of carbonyl (C=O) groups is 4. The third-order valence-electron chi connectivity index (χ3n) is 23.1. The Kier molecular flexibility index (Phi) is 22.5. The molecule has 2 aromatic heterocycles. The van der Waals surface area contributed by atoms with E-state index in [0.717, 1.165) is 62.7 Å². The number of rotatable bonds is 9. The van der Waals surface area contributed by atoms with Crippen LogP contribution in [0.5, 0.6) is 0 Å². The summed E-state index contributed by atoms with van der Waals surface area (Å²) in [7, 11) is 0. The Balaban J connectivity index is 0.000000186. The van der Waals surface area contributed by atoms with Crippen molar-refractivity contribution in [1.82, 2.24) is 19.8 Å². The molecule has 8 aliphatic carbocycles. The summed E-state index contributed by atoms with van der Waals surface area (Å²) in [6.45, 7) is 19.8. The van der Waals surface area contributed by atoms with Crippen molar-refractivity contribution in [2.45, 2.75) is 194 Å². The molecule has 2 aliphatic heterocycles. The van der Waals surface area contributed by atoms with Crippen molar-refractivity contribution in [3.8, 4) is 0 Å². The minimum atomic E-state index is -4.87. The monoisotopic (exact) mass is 1300 g/mol. The number of nitrogens with zero attached hydrogens (tertiary/aromatic N) is 5. The molecule has 90 heavy (non-hydrogen) atoms. The third kappa shape index (κ3) is 14.7. The van der Waals surface area contributed by atoms with E-state index >= 15 is 0 Å². The van der Waals surface area contributed by atoms with Crippen molar-refractivity contribution in [2.75, 3.05) is 26.2 Å². The van der Waals surface area contributed by atoms with E-state index in [0.29, 0.717) is 61.4 Å². The van der Waals surface area contributed by atoms with Gasteiger partial charge in [-0.1, -0.05) is 87.4 Å². The minimum absolute atomic E-state index is 0.0218. The Morgan fingerprint density at radius 2 is 1.08 bits per heavy atom. The zero-order valence-electron chi connectivity index (χ0n) is 54.4. The molecule has 0 N–H and O–H groups in total. The van der Waals surface area contributed by atoms with Gasteiger partial charge in [-0.3, -0.25) is 29.3 Å². The zero-order valence-corrected chi connectivity index (χ0v) is 56.3. The van der Waals surface area contributed by atoms with Crippen LogP contribution in [0.2, 0.25) is 5.71 Å². The van der Waals surface area contributed by atoms with Gasteiger partial charge in [0.2, 0.25) is 0 Å². The van der Waals surface area contributed by atoms with Gasteiger partial charge >= 0.3 is 55.3 Å². The molecule has 0 radical (unpaired) electrons. The molecule has 17 heteroatoms. The maximum atomic E-state index is 13.1. The molecule has 12 rings (SSSR count). The van der Waals surface area contributed by atoms with Gasteiger partial charge in [0, 0.05) is 70.0 Å². The normalized spacial score (nSPS) is 33.0. The van der Waals surface area contributed by atoms with Crippen LogP contribution < -0.4 is 0 Å². The number of fused-ring (bicyclic) bond motifs is 10. The van der Waals surface area contributed by atoms with Crippen LogP contribution in [0.1, 0.15) is 175 Å². The number of hydrogen-bond acceptors (Lipinski definition) is 11. The van der Waals surface area contributed by atoms with Crippen molar-refractivity contribution in [1.29, 1.82) is 0 Å². The number of ether oxygens (including phenoxy) is 3. The van der Waals surface area contributed by atoms with Crippen LogP contribution >= 0.6 is 0 Å². The Labute approximate surface area is 539 Å². The standard InChI is InChI=1S/C34H46N2O4.C32H39F3N2O3.C6H9N.CH3AsO/c1-22(2)39-32(38)36-18-13-23(14-19-36)31(37)40-26-11-15-33(3)25(20-26)7-8-27-29-10-9-28(24-6-5-17-35-21-24)34(29,4)16-12-30(27)33;1-30-13-9-23(40-28(38)20-11-16-37(17-12-20)29(39)32(33,34)35)18-22(30)5-6-24-26-8-7-25(21-4-3-15-36-19-21)31(26,2)14-10-27(24)30;1-3-4-5-6-7-2;1-2-3/h5-7,9,17,21-23,26-27,29-30H,8,10-16,18-20H2,1-4H3;3-5,7,15,19-20,23-24,26-27H,6,8-14,16-18H2,1-2H3;3-6H,2H2,1H3;1H3/b;;4-3+,6-5+;/t26?,27?,29?,30-,33?,34?;23?,24?,26-,27-,30?,31?;;/m00../s1. The number of aliphatic imine (C=N–C) groups is 1. The Bertz CT molecular complexity index is 3080. The first kappa shape index (κ1) is 68.6. The number of alkyl halides is 3. The summed E-state index contributed by atoms with van der Waals surface area (Å²) in [5.74, 6) is 1.21. The second-order valence-electron chi connectivity index (χ2n) is 28.2. The number of pyridine rings is 2. The van der Waals surface area contributed by atoms with Gasteiger partial charge in [0.15, 0.2) is 0 Å². The third-order valence-corrected chi connectivity index (χ3v) is 23.1. The molecule has 488 valence electrons. The second-order valence-corrected chi connectivity index (χ2v) is 29.0. The molecule has 4 heterocycles. The van der Waals surface area contributed by atoms with Gasteiger partial charge in [0.1, 0.15) is 12.2 Å². The van der Waals surface area contributed by atoms with E-state index in [9.17, 15) is 32.3 Å². The zero-order chi connectivity index (χ0) is 64.6. The van der Waals surface area contributed by atoms with Crippen LogP contribution in [0.25, 0.3) is 11.1 Å². The van der Waals surface area contributed by atoms with Gasteiger partial charge in [-0.05, 0) is 228 Å². The number of allylic oxidation sites excluding steroid dienone is 9. The number of aromatic nitrogens is 2. The first-order valence-electron chi connectivity index (χ1n) is 33.3. The van der Waals surface area contributed by atoms with E-state index in [-0.39, 0.29) is 89.9 Å². The van der Waals surface area contributed by atoms with Crippen LogP contribution in [0, 0.1) is 69.0 Å². The van der Waals surface area contributed by atoms with Gasteiger partial charge in [0.25, 0.3) is 0 Å². The van der Waals surface area contributed by atoms with E-state index in [4.69, 9.17) is 18.0 Å². The number of likely N-dealkylation sites (tertiary alicyclic amines) is 2. The van der Waals surface area contributed by atoms with E-state index in [1.54, 1.807) is 16.8 Å². The predicted molar refractivity (Wildman–Crippen MR) is 345 cm³/mol. The molecule has 0 spiro atoms. The summed E-state index contributed by atoms with van der Waals surface area (Å²) in [4.78, 5) is 64.6. The molecule has 0 bridgehead atoms. The van der Waals surface area contributed by atoms with E-state index in [2.05, 4.69) is 91.9 Å². The molecule has 2 amide bonds. The molecule has 6 fully saturated rings. The Hall–Kier alpha value is -5.76. The van der Waals surface area contributed by atoms with Gasteiger partial charge < -0.3 is 24.0 Å². The average Bonchev–Trinajstić information content (AvgIpc) is 1.43. The second kappa shape index (κ2) is 29.5. The van der Waals surface area contributed by atoms with Gasteiger partial charge in [-0.25, -0.2) is 4.79 Å². The molecule has 2 aromatic rings. The summed E-state index contributed by atoms with van der Waals surface area (Å²) in [5.41, 5.74) is 10.9. The SMILES string of the molecule is C=N/C=C/C=C/C.CC(C)OC(=O)N1CCC(C(=O)OC2CCC3(C)C(=CCC4C5CC=C(c6cccnc6)C5(C)CC[C@@H]43)C2)CC1.CC12CCC(OC(=O)C3CCN(C(=O)C(F)(F)F)CC3)CC1=CCC1[C@@H]2CCC2(C)C(c3cccnc3)=CC[C@@H]12.C[As]=O. The van der Waals surface area contributed by atoms with Crippen LogP contribution in [-0.2, 0) is 32.3 Å². The predicted octanol–water partition coefficient (Wildman–Crippen LogP) is 15.8. The quantitative estimate of drug-likeness (QED) is 0.0591. The summed E-state index contributed by atoms with van der Waals surface area (Å²) < 4.78 is 64.7. The number of halogens is 3. The van der Waals surface area contributed by atoms with Gasteiger partial charge in [0.05, 0.1) is 17.9 Å². The first-order chi connectivity index (χ1) is 43.0. The molecular weight excluding hydrogens is 1210 g/mol. The first-order valence-corrected chi connectivity index (χ1v) is 36.0. The fourth-order valence-electron chi connectivity index (χ4n) is 18.3. The molecule has 0 aromatic carbocycles. The van der Waals surface area contributed by atoms with Crippen LogP contribution in [0.3, 0.4) is 0 Å². The summed E-state index contributed by atoms with van der Waals surface area (Å²) in [5, 5.41) is 0. The molecule has 4 saturated carbocycles. The number of esters is 2. The van der Waals surface area contributed by atoms with Gasteiger partial charge in [-0.2, -0.15) is 13.2 Å². The summed E-state index contributed by atoms with van der Waals surface area (Å²) in [6, 6.07) is 8.50. The van der Waals surface area contributed by atoms with E-state index in [1.807, 2.05) is 69.9 Å². The van der Waals surface area contributed by atoms with Crippen LogP contribution in [-0.4, -0.2) is 117 Å². The molecule has 9 unspecified atom stereocenters. The molecule has 13 nitrogen and oxygen atoms in total. The number of amides is 2. The van der Waals surface area contributed by atoms with Crippen LogP contribution in [0.15, 0.2) is 114 Å². The summed E-state index contributed by atoms with van der Waals surface area (Å²) >= 11 is -0.562. The van der Waals surface area contributed by atoms with Crippen molar-refractivity contribution in [2.24, 2.45) is 74.0 Å². The molecule has 10 aliphatic rings. The van der Waals surface area contributed by atoms with Crippen molar-refractivity contribution in [3.63, 3.8) is 0 Å².